The fourth-order valence-corrected chi connectivity index (χ4v) is 2.16. The maximum Gasteiger partial charge on any atom is 0.215 e. The standard InChI is InChI=1S/C14H15N3O/c1-18-12-7-6-11-13-10(9-16-14(11)17-12)5-3-2-4-8-15-13/h3,5-7,9,15H,2,4,8H2,1H3/b5-3+. The number of hydrogen-bond acceptors (Lipinski definition) is 4. The van der Waals surface area contributed by atoms with Gasteiger partial charge < -0.3 is 10.1 Å². The Hall–Kier alpha value is -2.10. The van der Waals surface area contributed by atoms with Gasteiger partial charge in [0.1, 0.15) is 0 Å². The van der Waals surface area contributed by atoms with Crippen LogP contribution in [0.3, 0.4) is 0 Å². The van der Waals surface area contributed by atoms with E-state index in [1.807, 2.05) is 18.3 Å². The maximum atomic E-state index is 5.13. The third kappa shape index (κ3) is 1.90. The van der Waals surface area contributed by atoms with Crippen LogP contribution in [0.4, 0.5) is 5.69 Å². The average Bonchev–Trinajstić information content (AvgIpc) is 2.38. The first-order valence-electron chi connectivity index (χ1n) is 6.12. The van der Waals surface area contributed by atoms with Crippen LogP contribution in [-0.4, -0.2) is 23.6 Å². The zero-order valence-corrected chi connectivity index (χ0v) is 10.3. The molecule has 0 amide bonds. The summed E-state index contributed by atoms with van der Waals surface area (Å²) in [5.41, 5.74) is 2.95. The van der Waals surface area contributed by atoms with E-state index >= 15 is 0 Å². The predicted molar refractivity (Wildman–Crippen MR) is 72.8 cm³/mol. The van der Waals surface area contributed by atoms with Crippen LogP contribution in [0.15, 0.2) is 24.4 Å². The number of pyridine rings is 2. The number of nitrogens with one attached hydrogen (secondary N) is 1. The number of allylic oxidation sites excluding steroid dienone is 1. The van der Waals surface area contributed by atoms with Crippen molar-refractivity contribution >= 4 is 22.8 Å². The molecule has 0 aliphatic carbocycles. The van der Waals surface area contributed by atoms with Gasteiger partial charge >= 0.3 is 0 Å². The van der Waals surface area contributed by atoms with E-state index in [1.165, 1.54) is 0 Å². The van der Waals surface area contributed by atoms with Crippen molar-refractivity contribution in [3.8, 4) is 5.88 Å². The molecule has 0 spiro atoms. The predicted octanol–water partition coefficient (Wildman–Crippen LogP) is 2.86. The van der Waals surface area contributed by atoms with Crippen molar-refractivity contribution < 1.29 is 4.74 Å². The van der Waals surface area contributed by atoms with E-state index in [9.17, 15) is 0 Å². The lowest BCUT2D eigenvalue weighted by Crippen LogP contribution is -2.06. The zero-order valence-electron chi connectivity index (χ0n) is 10.3. The van der Waals surface area contributed by atoms with Gasteiger partial charge in [-0.25, -0.2) is 4.98 Å². The minimum Gasteiger partial charge on any atom is -0.481 e. The van der Waals surface area contributed by atoms with E-state index in [2.05, 4.69) is 27.4 Å². The van der Waals surface area contributed by atoms with E-state index in [0.29, 0.717) is 5.88 Å². The Balaban J connectivity index is 2.20. The van der Waals surface area contributed by atoms with Crippen LogP contribution in [0.2, 0.25) is 0 Å². The molecule has 2 aromatic heterocycles. The Labute approximate surface area is 106 Å². The molecule has 1 aliphatic rings. The van der Waals surface area contributed by atoms with Crippen LogP contribution in [-0.2, 0) is 0 Å². The van der Waals surface area contributed by atoms with E-state index in [1.54, 1.807) is 7.11 Å². The number of fused-ring (bicyclic) bond motifs is 3. The average molecular weight is 241 g/mol. The first-order valence-corrected chi connectivity index (χ1v) is 6.12. The molecule has 3 rings (SSSR count). The first-order chi connectivity index (χ1) is 8.88. The summed E-state index contributed by atoms with van der Waals surface area (Å²) in [4.78, 5) is 8.75. The summed E-state index contributed by atoms with van der Waals surface area (Å²) >= 11 is 0. The van der Waals surface area contributed by atoms with Crippen LogP contribution in [0.1, 0.15) is 18.4 Å². The Morgan fingerprint density at radius 3 is 3.17 bits per heavy atom. The molecule has 0 unspecified atom stereocenters. The van der Waals surface area contributed by atoms with E-state index < -0.39 is 0 Å². The second-order valence-corrected chi connectivity index (χ2v) is 4.28. The van der Waals surface area contributed by atoms with Gasteiger partial charge in [0, 0.05) is 29.8 Å². The lowest BCUT2D eigenvalue weighted by Gasteiger charge is -2.14. The van der Waals surface area contributed by atoms with Gasteiger partial charge in [0.05, 0.1) is 12.8 Å². The van der Waals surface area contributed by atoms with Crippen molar-refractivity contribution in [3.63, 3.8) is 0 Å². The molecule has 4 nitrogen and oxygen atoms in total. The molecule has 0 radical (unpaired) electrons. The number of anilines is 1. The van der Waals surface area contributed by atoms with Gasteiger partial charge in [-0.2, -0.15) is 4.98 Å². The quantitative estimate of drug-likeness (QED) is 0.834. The summed E-state index contributed by atoms with van der Waals surface area (Å²) in [6, 6.07) is 3.88. The first kappa shape index (κ1) is 11.0. The second-order valence-electron chi connectivity index (χ2n) is 4.28. The van der Waals surface area contributed by atoms with Crippen molar-refractivity contribution in [1.29, 1.82) is 0 Å². The van der Waals surface area contributed by atoms with Crippen LogP contribution >= 0.6 is 0 Å². The van der Waals surface area contributed by atoms with Crippen LogP contribution in [0.5, 0.6) is 5.88 Å². The fourth-order valence-electron chi connectivity index (χ4n) is 2.16. The summed E-state index contributed by atoms with van der Waals surface area (Å²) in [5.74, 6) is 0.594. The highest BCUT2D eigenvalue weighted by Gasteiger charge is 2.09. The molecular weight excluding hydrogens is 226 g/mol. The van der Waals surface area contributed by atoms with Crippen molar-refractivity contribution in [2.75, 3.05) is 19.0 Å². The van der Waals surface area contributed by atoms with Crippen molar-refractivity contribution in [3.05, 3.63) is 30.0 Å². The highest BCUT2D eigenvalue weighted by atomic mass is 16.5. The topological polar surface area (TPSA) is 47.0 Å². The normalized spacial score (nSPS) is 16.3. The largest absolute Gasteiger partial charge is 0.481 e. The summed E-state index contributed by atoms with van der Waals surface area (Å²) in [6.45, 7) is 0.975. The Bertz CT molecular complexity index is 607. The number of nitrogens with zero attached hydrogens (tertiary/aromatic N) is 2. The number of ether oxygens (including phenoxy) is 1. The molecule has 0 fully saturated rings. The molecule has 0 aromatic carbocycles. The molecule has 1 N–H and O–H groups in total. The molecular formula is C14H15N3O. The molecule has 92 valence electrons. The molecule has 1 aliphatic heterocycles. The number of hydrogen-bond donors (Lipinski definition) is 1. The molecule has 0 saturated heterocycles. The van der Waals surface area contributed by atoms with Gasteiger partial charge in [0.2, 0.25) is 5.88 Å². The lowest BCUT2D eigenvalue weighted by molar-refractivity contribution is 0.399. The number of methoxy groups -OCH3 is 1. The highest BCUT2D eigenvalue weighted by Crippen LogP contribution is 2.28. The van der Waals surface area contributed by atoms with E-state index in [4.69, 9.17) is 4.74 Å². The van der Waals surface area contributed by atoms with Gasteiger partial charge in [0.15, 0.2) is 5.65 Å². The van der Waals surface area contributed by atoms with Gasteiger partial charge in [-0.3, -0.25) is 0 Å². The summed E-state index contributed by atoms with van der Waals surface area (Å²) in [5, 5.41) is 4.52. The van der Waals surface area contributed by atoms with E-state index in [0.717, 1.165) is 41.7 Å². The summed E-state index contributed by atoms with van der Waals surface area (Å²) in [7, 11) is 1.61. The lowest BCUT2D eigenvalue weighted by atomic mass is 10.1. The molecule has 4 heteroatoms. The maximum absolute atomic E-state index is 5.13. The highest BCUT2D eigenvalue weighted by molar-refractivity contribution is 5.93. The minimum atomic E-state index is 0.594. The summed E-state index contributed by atoms with van der Waals surface area (Å²) in [6.07, 6.45) is 8.43. The van der Waals surface area contributed by atoms with Gasteiger partial charge in [-0.1, -0.05) is 12.2 Å². The van der Waals surface area contributed by atoms with Crippen molar-refractivity contribution in [2.45, 2.75) is 12.8 Å². The Morgan fingerprint density at radius 1 is 1.33 bits per heavy atom. The zero-order chi connectivity index (χ0) is 12.4. The fraction of sp³-hybridized carbons (Fsp3) is 0.286. The third-order valence-corrected chi connectivity index (χ3v) is 3.09. The Kier molecular flexibility index (Phi) is 2.84. The van der Waals surface area contributed by atoms with Gasteiger partial charge in [0.25, 0.3) is 0 Å². The molecule has 0 bridgehead atoms. The molecule has 3 heterocycles. The van der Waals surface area contributed by atoms with Crippen molar-refractivity contribution in [2.24, 2.45) is 0 Å². The van der Waals surface area contributed by atoms with Crippen LogP contribution < -0.4 is 10.1 Å². The SMILES string of the molecule is COc1ccc2c3c(cnc2n1)/C=C/CCCN3. The van der Waals surface area contributed by atoms with Gasteiger partial charge in [-0.05, 0) is 18.9 Å². The molecule has 0 saturated carbocycles. The molecule has 18 heavy (non-hydrogen) atoms. The summed E-state index contributed by atoms with van der Waals surface area (Å²) < 4.78 is 5.13. The third-order valence-electron chi connectivity index (χ3n) is 3.09. The molecule has 0 atom stereocenters. The molecule has 2 aromatic rings. The smallest absolute Gasteiger partial charge is 0.215 e. The van der Waals surface area contributed by atoms with Crippen molar-refractivity contribution in [1.82, 2.24) is 9.97 Å². The minimum absolute atomic E-state index is 0.594. The van der Waals surface area contributed by atoms with Crippen LogP contribution in [0.25, 0.3) is 17.1 Å². The van der Waals surface area contributed by atoms with Gasteiger partial charge in [-0.15, -0.1) is 0 Å². The van der Waals surface area contributed by atoms with Crippen LogP contribution in [0, 0.1) is 0 Å². The second kappa shape index (κ2) is 4.64. The van der Waals surface area contributed by atoms with E-state index in [-0.39, 0.29) is 0 Å². The number of aromatic nitrogens is 2. The number of rotatable bonds is 1. The Morgan fingerprint density at radius 2 is 2.28 bits per heavy atom. The monoisotopic (exact) mass is 241 g/mol.